The normalized spacial score (nSPS) is 10.6. The molecule has 1 amide bonds. The zero-order valence-corrected chi connectivity index (χ0v) is 20.5. The standard InChI is InChI=1S/C27H27N3O6/c1-17-23(18(2)36-30-17)16-34-24-10-9-20(12-25(24)33-4)27(31)29-15-19-8-11-26(28-14-19)35-22-7-5-6-21(13-22)32-3/h5-14H,15-16H2,1-4H3,(H,29,31). The minimum atomic E-state index is -0.248. The van der Waals surface area contributed by atoms with E-state index < -0.39 is 0 Å². The van der Waals surface area contributed by atoms with E-state index in [4.69, 9.17) is 23.5 Å². The van der Waals surface area contributed by atoms with Crippen molar-refractivity contribution in [1.29, 1.82) is 0 Å². The molecule has 2 aromatic carbocycles. The molecule has 186 valence electrons. The van der Waals surface area contributed by atoms with Gasteiger partial charge < -0.3 is 28.8 Å². The molecule has 4 aromatic rings. The molecule has 4 rings (SSSR count). The SMILES string of the molecule is COc1cccc(Oc2ccc(CNC(=O)c3ccc(OCc4c(C)noc4C)c(OC)c3)cn2)c1. The number of nitrogens with one attached hydrogen (secondary N) is 1. The van der Waals surface area contributed by atoms with Crippen molar-refractivity contribution >= 4 is 5.91 Å². The molecule has 0 unspecified atom stereocenters. The number of pyridine rings is 1. The number of rotatable bonds is 10. The van der Waals surface area contributed by atoms with Crippen LogP contribution < -0.4 is 24.3 Å². The molecule has 0 radical (unpaired) electrons. The first-order chi connectivity index (χ1) is 17.5. The monoisotopic (exact) mass is 489 g/mol. The van der Waals surface area contributed by atoms with Gasteiger partial charge in [0, 0.05) is 30.4 Å². The first kappa shape index (κ1) is 24.6. The minimum absolute atomic E-state index is 0.248. The number of aryl methyl sites for hydroxylation is 2. The summed E-state index contributed by atoms with van der Waals surface area (Å²) in [4.78, 5) is 17.0. The maximum Gasteiger partial charge on any atom is 0.251 e. The Kier molecular flexibility index (Phi) is 7.69. The Morgan fingerprint density at radius 1 is 0.972 bits per heavy atom. The molecule has 0 aliphatic rings. The third-order valence-electron chi connectivity index (χ3n) is 5.49. The van der Waals surface area contributed by atoms with Crippen molar-refractivity contribution in [2.24, 2.45) is 0 Å². The topological polar surface area (TPSA) is 105 Å². The molecular formula is C27H27N3O6. The number of hydrogen-bond donors (Lipinski definition) is 1. The number of benzene rings is 2. The van der Waals surface area contributed by atoms with Gasteiger partial charge in [-0.05, 0) is 49.7 Å². The van der Waals surface area contributed by atoms with E-state index in [0.29, 0.717) is 46.7 Å². The first-order valence-electron chi connectivity index (χ1n) is 11.2. The minimum Gasteiger partial charge on any atom is -0.497 e. The lowest BCUT2D eigenvalue weighted by atomic mass is 10.1. The molecule has 0 saturated carbocycles. The summed E-state index contributed by atoms with van der Waals surface area (Å²) in [7, 11) is 3.13. The molecule has 36 heavy (non-hydrogen) atoms. The van der Waals surface area contributed by atoms with E-state index in [1.807, 2.05) is 38.1 Å². The average Bonchev–Trinajstić information content (AvgIpc) is 3.23. The Hall–Kier alpha value is -4.53. The molecule has 0 saturated heterocycles. The van der Waals surface area contributed by atoms with Gasteiger partial charge >= 0.3 is 0 Å². The van der Waals surface area contributed by atoms with Crippen LogP contribution >= 0.6 is 0 Å². The Balaban J connectivity index is 1.34. The quantitative estimate of drug-likeness (QED) is 0.332. The lowest BCUT2D eigenvalue weighted by Crippen LogP contribution is -2.22. The summed E-state index contributed by atoms with van der Waals surface area (Å²) >= 11 is 0. The van der Waals surface area contributed by atoms with Crippen molar-refractivity contribution in [1.82, 2.24) is 15.5 Å². The van der Waals surface area contributed by atoms with Gasteiger partial charge in [0.15, 0.2) is 11.5 Å². The molecular weight excluding hydrogens is 462 g/mol. The summed E-state index contributed by atoms with van der Waals surface area (Å²) in [6, 6.07) is 15.9. The van der Waals surface area contributed by atoms with Crippen LogP contribution in [0.5, 0.6) is 28.9 Å². The molecule has 9 nitrogen and oxygen atoms in total. The van der Waals surface area contributed by atoms with Crippen LogP contribution in [-0.4, -0.2) is 30.3 Å². The van der Waals surface area contributed by atoms with Gasteiger partial charge in [-0.1, -0.05) is 17.3 Å². The summed E-state index contributed by atoms with van der Waals surface area (Å²) in [6.45, 7) is 4.28. The highest BCUT2D eigenvalue weighted by Crippen LogP contribution is 2.30. The number of carbonyl (C=O) groups is 1. The zero-order valence-electron chi connectivity index (χ0n) is 20.5. The molecule has 1 N–H and O–H groups in total. The molecule has 9 heteroatoms. The van der Waals surface area contributed by atoms with E-state index in [1.165, 1.54) is 7.11 Å². The number of carbonyl (C=O) groups excluding carboxylic acids is 1. The van der Waals surface area contributed by atoms with E-state index in [9.17, 15) is 4.79 Å². The maximum absolute atomic E-state index is 12.7. The highest BCUT2D eigenvalue weighted by atomic mass is 16.5. The van der Waals surface area contributed by atoms with E-state index in [2.05, 4.69) is 15.5 Å². The van der Waals surface area contributed by atoms with Gasteiger partial charge in [-0.25, -0.2) is 4.98 Å². The second kappa shape index (κ2) is 11.3. The lowest BCUT2D eigenvalue weighted by Gasteiger charge is -2.12. The van der Waals surface area contributed by atoms with Crippen LogP contribution in [0.25, 0.3) is 0 Å². The van der Waals surface area contributed by atoms with Crippen molar-refractivity contribution in [3.05, 3.63) is 88.9 Å². The van der Waals surface area contributed by atoms with Gasteiger partial charge in [-0.15, -0.1) is 0 Å². The molecule has 0 bridgehead atoms. The number of aromatic nitrogens is 2. The van der Waals surface area contributed by atoms with Crippen molar-refractivity contribution in [2.75, 3.05) is 14.2 Å². The van der Waals surface area contributed by atoms with Crippen LogP contribution in [0.3, 0.4) is 0 Å². The Morgan fingerprint density at radius 3 is 2.50 bits per heavy atom. The molecule has 0 aliphatic carbocycles. The predicted molar refractivity (Wildman–Crippen MR) is 132 cm³/mol. The number of amides is 1. The fourth-order valence-electron chi connectivity index (χ4n) is 3.43. The Labute approximate surface area is 209 Å². The Bertz CT molecular complexity index is 1310. The van der Waals surface area contributed by atoms with Crippen molar-refractivity contribution in [3.63, 3.8) is 0 Å². The van der Waals surface area contributed by atoms with Crippen LogP contribution in [0.2, 0.25) is 0 Å². The van der Waals surface area contributed by atoms with E-state index in [1.54, 1.807) is 43.6 Å². The molecule has 0 fully saturated rings. The van der Waals surface area contributed by atoms with Crippen LogP contribution in [0, 0.1) is 13.8 Å². The van der Waals surface area contributed by atoms with Crippen LogP contribution in [0.4, 0.5) is 0 Å². The first-order valence-corrected chi connectivity index (χ1v) is 11.2. The summed E-state index contributed by atoms with van der Waals surface area (Å²) < 4.78 is 27.4. The lowest BCUT2D eigenvalue weighted by molar-refractivity contribution is 0.0950. The van der Waals surface area contributed by atoms with Gasteiger partial charge in [0.1, 0.15) is 23.9 Å². The fourth-order valence-corrected chi connectivity index (χ4v) is 3.43. The highest BCUT2D eigenvalue weighted by molar-refractivity contribution is 5.94. The zero-order chi connectivity index (χ0) is 25.5. The number of methoxy groups -OCH3 is 2. The summed E-state index contributed by atoms with van der Waals surface area (Å²) in [5.74, 6) is 3.19. The van der Waals surface area contributed by atoms with E-state index in [0.717, 1.165) is 16.8 Å². The highest BCUT2D eigenvalue weighted by Gasteiger charge is 2.14. The number of ether oxygens (including phenoxy) is 4. The third kappa shape index (κ3) is 5.93. The number of nitrogens with zero attached hydrogens (tertiary/aromatic N) is 2. The second-order valence-electron chi connectivity index (χ2n) is 7.93. The maximum atomic E-state index is 12.7. The average molecular weight is 490 g/mol. The predicted octanol–water partition coefficient (Wildman–Crippen LogP) is 5.00. The molecule has 0 atom stereocenters. The smallest absolute Gasteiger partial charge is 0.251 e. The van der Waals surface area contributed by atoms with E-state index >= 15 is 0 Å². The van der Waals surface area contributed by atoms with Gasteiger partial charge in [0.25, 0.3) is 5.91 Å². The molecule has 2 aromatic heterocycles. The molecule has 0 spiro atoms. The van der Waals surface area contributed by atoms with Crippen molar-refractivity contribution in [2.45, 2.75) is 27.0 Å². The van der Waals surface area contributed by atoms with Crippen molar-refractivity contribution in [3.8, 4) is 28.9 Å². The third-order valence-corrected chi connectivity index (χ3v) is 5.49. The van der Waals surface area contributed by atoms with Crippen LogP contribution in [0.15, 0.2) is 65.3 Å². The largest absolute Gasteiger partial charge is 0.497 e. The summed E-state index contributed by atoms with van der Waals surface area (Å²) in [5, 5.41) is 6.81. The molecule has 0 aliphatic heterocycles. The second-order valence-corrected chi connectivity index (χ2v) is 7.93. The summed E-state index contributed by atoms with van der Waals surface area (Å²) in [6.07, 6.45) is 1.65. The van der Waals surface area contributed by atoms with Crippen molar-refractivity contribution < 1.29 is 28.3 Å². The Morgan fingerprint density at radius 2 is 1.81 bits per heavy atom. The van der Waals surface area contributed by atoms with Gasteiger partial charge in [0.05, 0.1) is 25.5 Å². The van der Waals surface area contributed by atoms with Crippen LogP contribution in [0.1, 0.15) is 32.9 Å². The fraction of sp³-hybridized carbons (Fsp3) is 0.222. The van der Waals surface area contributed by atoms with Gasteiger partial charge in [0.2, 0.25) is 5.88 Å². The number of hydrogen-bond acceptors (Lipinski definition) is 8. The van der Waals surface area contributed by atoms with E-state index in [-0.39, 0.29) is 12.5 Å². The van der Waals surface area contributed by atoms with Crippen LogP contribution in [-0.2, 0) is 13.2 Å². The molecule has 2 heterocycles. The summed E-state index contributed by atoms with van der Waals surface area (Å²) in [5.41, 5.74) is 2.93. The van der Waals surface area contributed by atoms with Gasteiger partial charge in [-0.3, -0.25) is 4.79 Å². The van der Waals surface area contributed by atoms with Gasteiger partial charge in [-0.2, -0.15) is 0 Å².